The van der Waals surface area contributed by atoms with Crippen molar-refractivity contribution < 1.29 is 19.1 Å². The standard InChI is InChI=1S/C25H29N3O4/c1-19(32-25(31)23(26-20(2)29)17-21-9-5-3-6-10-21)24(30)28-15-13-27(14-16-28)18-22-11-7-4-8-12-22/h3-12,17,19H,13-16,18H2,1-2H3,(H,26,29). The van der Waals surface area contributed by atoms with Gasteiger partial charge >= 0.3 is 5.97 Å². The SMILES string of the molecule is CC(=O)NC(=Cc1ccccc1)C(=O)OC(C)C(=O)N1CCN(Cc2ccccc2)CC1. The second kappa shape index (κ2) is 11.2. The number of rotatable bonds is 7. The third kappa shape index (κ3) is 6.78. The normalized spacial score (nSPS) is 15.7. The van der Waals surface area contributed by atoms with Crippen molar-refractivity contribution in [3.63, 3.8) is 0 Å². The van der Waals surface area contributed by atoms with E-state index in [1.807, 2.05) is 36.4 Å². The summed E-state index contributed by atoms with van der Waals surface area (Å²) in [6.45, 7) is 6.38. The van der Waals surface area contributed by atoms with Gasteiger partial charge in [0.25, 0.3) is 5.91 Å². The van der Waals surface area contributed by atoms with Crippen molar-refractivity contribution in [2.45, 2.75) is 26.5 Å². The van der Waals surface area contributed by atoms with E-state index in [2.05, 4.69) is 22.3 Å². The average Bonchev–Trinajstić information content (AvgIpc) is 2.79. The van der Waals surface area contributed by atoms with Crippen LogP contribution in [0.15, 0.2) is 66.4 Å². The summed E-state index contributed by atoms with van der Waals surface area (Å²) in [6, 6.07) is 19.3. The van der Waals surface area contributed by atoms with E-state index in [1.54, 1.807) is 24.0 Å². The molecule has 32 heavy (non-hydrogen) atoms. The van der Waals surface area contributed by atoms with Gasteiger partial charge in [0.1, 0.15) is 5.70 Å². The largest absolute Gasteiger partial charge is 0.448 e. The Bertz CT molecular complexity index is 952. The molecule has 168 valence electrons. The van der Waals surface area contributed by atoms with Crippen LogP contribution >= 0.6 is 0 Å². The number of esters is 1. The maximum absolute atomic E-state index is 12.8. The van der Waals surface area contributed by atoms with Crippen molar-refractivity contribution >= 4 is 23.9 Å². The van der Waals surface area contributed by atoms with E-state index < -0.39 is 18.0 Å². The molecule has 1 aliphatic rings. The molecule has 1 atom stereocenters. The van der Waals surface area contributed by atoms with Crippen LogP contribution in [-0.4, -0.2) is 59.9 Å². The van der Waals surface area contributed by atoms with Crippen LogP contribution in [0.1, 0.15) is 25.0 Å². The van der Waals surface area contributed by atoms with Crippen LogP contribution in [0.3, 0.4) is 0 Å². The number of nitrogens with zero attached hydrogens (tertiary/aromatic N) is 2. The quantitative estimate of drug-likeness (QED) is 0.534. The van der Waals surface area contributed by atoms with E-state index >= 15 is 0 Å². The lowest BCUT2D eigenvalue weighted by Gasteiger charge is -2.35. The highest BCUT2D eigenvalue weighted by atomic mass is 16.5. The van der Waals surface area contributed by atoms with Crippen LogP contribution in [0, 0.1) is 0 Å². The van der Waals surface area contributed by atoms with Crippen LogP contribution in [0.2, 0.25) is 0 Å². The molecule has 0 bridgehead atoms. The predicted molar refractivity (Wildman–Crippen MR) is 122 cm³/mol. The summed E-state index contributed by atoms with van der Waals surface area (Å²) < 4.78 is 5.40. The lowest BCUT2D eigenvalue weighted by atomic mass is 10.2. The van der Waals surface area contributed by atoms with Gasteiger partial charge in [-0.15, -0.1) is 0 Å². The van der Waals surface area contributed by atoms with Crippen LogP contribution in [0.25, 0.3) is 6.08 Å². The summed E-state index contributed by atoms with van der Waals surface area (Å²) in [6.07, 6.45) is 0.583. The Morgan fingerprint density at radius 3 is 2.16 bits per heavy atom. The first kappa shape index (κ1) is 23.2. The molecule has 1 unspecified atom stereocenters. The molecule has 2 aromatic carbocycles. The number of carbonyl (C=O) groups is 3. The summed E-state index contributed by atoms with van der Waals surface area (Å²) in [5.41, 5.74) is 1.98. The molecule has 2 aromatic rings. The molecule has 1 saturated heterocycles. The molecule has 1 aliphatic heterocycles. The number of amides is 2. The van der Waals surface area contributed by atoms with Crippen molar-refractivity contribution in [1.82, 2.24) is 15.1 Å². The van der Waals surface area contributed by atoms with E-state index in [4.69, 9.17) is 4.74 Å². The molecule has 0 aliphatic carbocycles. The molecule has 1 fully saturated rings. The lowest BCUT2D eigenvalue weighted by molar-refractivity contribution is -0.157. The number of ether oxygens (including phenoxy) is 1. The van der Waals surface area contributed by atoms with Crippen LogP contribution in [-0.2, 0) is 25.7 Å². The van der Waals surface area contributed by atoms with E-state index in [9.17, 15) is 14.4 Å². The molecule has 0 radical (unpaired) electrons. The topological polar surface area (TPSA) is 78.9 Å². The van der Waals surface area contributed by atoms with Crippen LogP contribution in [0.4, 0.5) is 0 Å². The number of benzene rings is 2. The second-order valence-electron chi connectivity index (χ2n) is 7.78. The van der Waals surface area contributed by atoms with E-state index in [-0.39, 0.29) is 11.6 Å². The third-order valence-corrected chi connectivity index (χ3v) is 5.21. The van der Waals surface area contributed by atoms with E-state index in [1.165, 1.54) is 18.6 Å². The monoisotopic (exact) mass is 435 g/mol. The molecule has 7 nitrogen and oxygen atoms in total. The minimum atomic E-state index is -0.948. The molecular weight excluding hydrogens is 406 g/mol. The van der Waals surface area contributed by atoms with Gasteiger partial charge < -0.3 is 15.0 Å². The molecule has 2 amide bonds. The molecule has 1 heterocycles. The number of carbonyl (C=O) groups excluding carboxylic acids is 3. The van der Waals surface area contributed by atoms with Crippen molar-refractivity contribution in [1.29, 1.82) is 0 Å². The highest BCUT2D eigenvalue weighted by Crippen LogP contribution is 2.12. The maximum atomic E-state index is 12.8. The minimum absolute atomic E-state index is 0.00368. The Labute approximate surface area is 188 Å². The summed E-state index contributed by atoms with van der Waals surface area (Å²) in [4.78, 5) is 41.0. The molecule has 7 heteroatoms. The zero-order valence-electron chi connectivity index (χ0n) is 18.5. The van der Waals surface area contributed by atoms with E-state index in [0.29, 0.717) is 13.1 Å². The fraction of sp³-hybridized carbons (Fsp3) is 0.320. The smallest absolute Gasteiger partial charge is 0.355 e. The predicted octanol–water partition coefficient (Wildman–Crippen LogP) is 2.44. The number of nitrogens with one attached hydrogen (secondary N) is 1. The zero-order valence-corrected chi connectivity index (χ0v) is 18.5. The Kier molecular flexibility index (Phi) is 8.16. The summed E-state index contributed by atoms with van der Waals surface area (Å²) >= 11 is 0. The molecule has 0 spiro atoms. The van der Waals surface area contributed by atoms with E-state index in [0.717, 1.165) is 25.2 Å². The Balaban J connectivity index is 1.55. The van der Waals surface area contributed by atoms with Crippen LogP contribution < -0.4 is 5.32 Å². The Morgan fingerprint density at radius 2 is 1.56 bits per heavy atom. The molecule has 3 rings (SSSR count). The van der Waals surface area contributed by atoms with Crippen molar-refractivity contribution in [2.75, 3.05) is 26.2 Å². The Morgan fingerprint density at radius 1 is 0.969 bits per heavy atom. The van der Waals surface area contributed by atoms with Gasteiger partial charge in [0.15, 0.2) is 6.10 Å². The van der Waals surface area contributed by atoms with Gasteiger partial charge in [-0.05, 0) is 24.1 Å². The molecule has 1 N–H and O–H groups in total. The first-order valence-corrected chi connectivity index (χ1v) is 10.7. The summed E-state index contributed by atoms with van der Waals surface area (Å²) in [5, 5.41) is 2.50. The van der Waals surface area contributed by atoms with Gasteiger partial charge in [-0.25, -0.2) is 4.79 Å². The van der Waals surface area contributed by atoms with Crippen molar-refractivity contribution in [3.8, 4) is 0 Å². The lowest BCUT2D eigenvalue weighted by Crippen LogP contribution is -2.51. The minimum Gasteiger partial charge on any atom is -0.448 e. The molecule has 0 saturated carbocycles. The number of piperazine rings is 1. The summed E-state index contributed by atoms with van der Waals surface area (Å²) in [5.74, 6) is -1.37. The molecular formula is C25H29N3O4. The Hall–Kier alpha value is -3.45. The second-order valence-corrected chi connectivity index (χ2v) is 7.78. The van der Waals surface area contributed by atoms with Crippen molar-refractivity contribution in [2.24, 2.45) is 0 Å². The average molecular weight is 436 g/mol. The van der Waals surface area contributed by atoms with Gasteiger partial charge in [0, 0.05) is 39.6 Å². The first-order chi connectivity index (χ1) is 15.4. The first-order valence-electron chi connectivity index (χ1n) is 10.7. The third-order valence-electron chi connectivity index (χ3n) is 5.21. The molecule has 0 aromatic heterocycles. The van der Waals surface area contributed by atoms with Gasteiger partial charge in [-0.2, -0.15) is 0 Å². The van der Waals surface area contributed by atoms with Crippen molar-refractivity contribution in [3.05, 3.63) is 77.5 Å². The van der Waals surface area contributed by atoms with Crippen LogP contribution in [0.5, 0.6) is 0 Å². The van der Waals surface area contributed by atoms with Gasteiger partial charge in [-0.3, -0.25) is 14.5 Å². The van der Waals surface area contributed by atoms with Gasteiger partial charge in [0.2, 0.25) is 5.91 Å². The maximum Gasteiger partial charge on any atom is 0.355 e. The highest BCUT2D eigenvalue weighted by molar-refractivity contribution is 5.98. The van der Waals surface area contributed by atoms with Gasteiger partial charge in [0.05, 0.1) is 0 Å². The summed E-state index contributed by atoms with van der Waals surface area (Å²) in [7, 11) is 0. The fourth-order valence-electron chi connectivity index (χ4n) is 3.55. The number of hydrogen-bond donors (Lipinski definition) is 1. The number of hydrogen-bond acceptors (Lipinski definition) is 5. The fourth-order valence-corrected chi connectivity index (χ4v) is 3.55. The van der Waals surface area contributed by atoms with Gasteiger partial charge in [-0.1, -0.05) is 60.7 Å². The highest BCUT2D eigenvalue weighted by Gasteiger charge is 2.28. The zero-order chi connectivity index (χ0) is 22.9.